The van der Waals surface area contributed by atoms with Gasteiger partial charge in [0.25, 0.3) is 0 Å². The minimum absolute atomic E-state index is 0.144. The standard InChI is InChI=1S/C23H18F4N2O2/c1-13-20(16-7-10-19(28-3)18(11-16)23(25,26)27)21(22(30)31-4)14(2)29(13)12-15-5-8-17(24)9-6-15/h5-11H,12H2,1-2,4H3. The van der Waals surface area contributed by atoms with Crippen molar-refractivity contribution in [2.75, 3.05) is 7.11 Å². The van der Waals surface area contributed by atoms with Crippen molar-refractivity contribution in [2.24, 2.45) is 0 Å². The van der Waals surface area contributed by atoms with Crippen molar-refractivity contribution in [3.05, 3.63) is 87.8 Å². The van der Waals surface area contributed by atoms with Crippen LogP contribution in [-0.4, -0.2) is 17.6 Å². The van der Waals surface area contributed by atoms with Gasteiger partial charge in [-0.15, -0.1) is 0 Å². The highest BCUT2D eigenvalue weighted by atomic mass is 19.4. The zero-order chi connectivity index (χ0) is 22.9. The lowest BCUT2D eigenvalue weighted by molar-refractivity contribution is -0.136. The smallest absolute Gasteiger partial charge is 0.407 e. The first-order valence-corrected chi connectivity index (χ1v) is 9.20. The molecule has 0 atom stereocenters. The van der Waals surface area contributed by atoms with Crippen LogP contribution in [0.2, 0.25) is 0 Å². The van der Waals surface area contributed by atoms with Crippen LogP contribution in [0.1, 0.15) is 32.9 Å². The highest BCUT2D eigenvalue weighted by molar-refractivity contribution is 6.00. The molecule has 0 saturated heterocycles. The van der Waals surface area contributed by atoms with Crippen LogP contribution < -0.4 is 0 Å². The molecular weight excluding hydrogens is 412 g/mol. The third-order valence-electron chi connectivity index (χ3n) is 5.14. The lowest BCUT2D eigenvalue weighted by Gasteiger charge is -2.13. The molecule has 31 heavy (non-hydrogen) atoms. The van der Waals surface area contributed by atoms with Crippen LogP contribution in [-0.2, 0) is 17.5 Å². The molecule has 8 heteroatoms. The Balaban J connectivity index is 2.24. The summed E-state index contributed by atoms with van der Waals surface area (Å²) < 4.78 is 60.4. The third kappa shape index (κ3) is 4.17. The van der Waals surface area contributed by atoms with Gasteiger partial charge in [-0.25, -0.2) is 14.0 Å². The zero-order valence-electron chi connectivity index (χ0n) is 17.0. The Kier molecular flexibility index (Phi) is 5.89. The van der Waals surface area contributed by atoms with Crippen molar-refractivity contribution in [1.82, 2.24) is 4.57 Å². The van der Waals surface area contributed by atoms with Gasteiger partial charge in [-0.05, 0) is 37.1 Å². The van der Waals surface area contributed by atoms with Gasteiger partial charge in [0.05, 0.1) is 24.8 Å². The van der Waals surface area contributed by atoms with Gasteiger partial charge in [0.2, 0.25) is 0 Å². The van der Waals surface area contributed by atoms with E-state index in [1.54, 1.807) is 30.5 Å². The summed E-state index contributed by atoms with van der Waals surface area (Å²) in [5.74, 6) is -1.07. The summed E-state index contributed by atoms with van der Waals surface area (Å²) in [6, 6.07) is 9.17. The van der Waals surface area contributed by atoms with Crippen LogP contribution in [0.25, 0.3) is 16.0 Å². The predicted octanol–water partition coefficient (Wildman–Crippen LogP) is 6.32. The van der Waals surface area contributed by atoms with E-state index >= 15 is 0 Å². The molecular formula is C23H18F4N2O2. The highest BCUT2D eigenvalue weighted by Crippen LogP contribution is 2.41. The van der Waals surface area contributed by atoms with E-state index in [0.717, 1.165) is 17.7 Å². The molecule has 0 amide bonds. The van der Waals surface area contributed by atoms with Crippen LogP contribution in [0.15, 0.2) is 42.5 Å². The van der Waals surface area contributed by atoms with E-state index in [-0.39, 0.29) is 23.5 Å². The van der Waals surface area contributed by atoms with Crippen molar-refractivity contribution in [3.8, 4) is 11.1 Å². The molecule has 2 aromatic carbocycles. The number of aromatic nitrogens is 1. The fourth-order valence-corrected chi connectivity index (χ4v) is 3.61. The molecule has 0 saturated carbocycles. The van der Waals surface area contributed by atoms with Crippen molar-refractivity contribution >= 4 is 11.7 Å². The van der Waals surface area contributed by atoms with E-state index in [1.165, 1.54) is 25.3 Å². The average Bonchev–Trinajstić information content (AvgIpc) is 2.98. The number of carbonyl (C=O) groups is 1. The Labute approximate surface area is 176 Å². The molecule has 0 aliphatic rings. The molecule has 3 rings (SSSR count). The molecule has 0 fully saturated rings. The first-order valence-electron chi connectivity index (χ1n) is 9.20. The maximum Gasteiger partial charge on any atom is 0.407 e. The number of rotatable bonds is 4. The Bertz CT molecular complexity index is 1190. The molecule has 0 aliphatic carbocycles. The second-order valence-corrected chi connectivity index (χ2v) is 6.97. The molecule has 0 aliphatic heterocycles. The summed E-state index contributed by atoms with van der Waals surface area (Å²) in [6.45, 7) is 10.7. The SMILES string of the molecule is [C-]#[N+]c1ccc(-c2c(C(=O)OC)c(C)n(Cc3ccc(F)cc3)c2C)cc1C(F)(F)F. The molecule has 1 aromatic heterocycles. The van der Waals surface area contributed by atoms with E-state index in [0.29, 0.717) is 17.0 Å². The van der Waals surface area contributed by atoms with Crippen molar-refractivity contribution < 1.29 is 27.1 Å². The number of benzene rings is 2. The van der Waals surface area contributed by atoms with Gasteiger partial charge < -0.3 is 9.30 Å². The first-order chi connectivity index (χ1) is 14.6. The van der Waals surface area contributed by atoms with Crippen molar-refractivity contribution in [3.63, 3.8) is 0 Å². The number of esters is 1. The number of carbonyl (C=O) groups excluding carboxylic acids is 1. The second-order valence-electron chi connectivity index (χ2n) is 6.97. The summed E-state index contributed by atoms with van der Waals surface area (Å²) in [4.78, 5) is 15.5. The quantitative estimate of drug-likeness (QED) is 0.276. The van der Waals surface area contributed by atoms with Gasteiger partial charge in [-0.2, -0.15) is 13.2 Å². The van der Waals surface area contributed by atoms with E-state index in [1.807, 2.05) is 0 Å². The molecule has 0 radical (unpaired) electrons. The Morgan fingerprint density at radius 3 is 2.29 bits per heavy atom. The second kappa shape index (κ2) is 8.26. The van der Waals surface area contributed by atoms with Crippen molar-refractivity contribution in [2.45, 2.75) is 26.6 Å². The van der Waals surface area contributed by atoms with Crippen LogP contribution in [0, 0.1) is 26.2 Å². The molecule has 0 N–H and O–H groups in total. The number of alkyl halides is 3. The van der Waals surface area contributed by atoms with E-state index < -0.39 is 23.4 Å². The summed E-state index contributed by atoms with van der Waals surface area (Å²) in [5, 5.41) is 0. The number of hydrogen-bond acceptors (Lipinski definition) is 2. The average molecular weight is 430 g/mol. The summed E-state index contributed by atoms with van der Waals surface area (Å²) in [6.07, 6.45) is -4.72. The van der Waals surface area contributed by atoms with Gasteiger partial charge in [-0.3, -0.25) is 0 Å². The largest absolute Gasteiger partial charge is 0.465 e. The van der Waals surface area contributed by atoms with Gasteiger partial charge in [-0.1, -0.05) is 30.3 Å². The monoisotopic (exact) mass is 430 g/mol. The summed E-state index contributed by atoms with van der Waals surface area (Å²) in [5.41, 5.74) is 0.815. The first kappa shape index (κ1) is 22.1. The number of ether oxygens (including phenoxy) is 1. The number of hydrogen-bond donors (Lipinski definition) is 0. The highest BCUT2D eigenvalue weighted by Gasteiger charge is 2.34. The van der Waals surface area contributed by atoms with Gasteiger partial charge in [0.15, 0.2) is 5.69 Å². The molecule has 160 valence electrons. The maximum atomic E-state index is 13.5. The van der Waals surface area contributed by atoms with Gasteiger partial charge >= 0.3 is 12.1 Å². The molecule has 0 bridgehead atoms. The number of halogens is 4. The lowest BCUT2D eigenvalue weighted by Crippen LogP contribution is -2.07. The molecule has 1 heterocycles. The van der Waals surface area contributed by atoms with E-state index in [2.05, 4.69) is 4.85 Å². The van der Waals surface area contributed by atoms with Crippen molar-refractivity contribution in [1.29, 1.82) is 0 Å². The molecule has 0 unspecified atom stereocenters. The van der Waals surface area contributed by atoms with Crippen LogP contribution in [0.3, 0.4) is 0 Å². The Hall–Kier alpha value is -3.60. The minimum Gasteiger partial charge on any atom is -0.465 e. The summed E-state index contributed by atoms with van der Waals surface area (Å²) >= 11 is 0. The topological polar surface area (TPSA) is 35.6 Å². The fraction of sp³-hybridized carbons (Fsp3) is 0.217. The van der Waals surface area contributed by atoms with Crippen LogP contribution >= 0.6 is 0 Å². The van der Waals surface area contributed by atoms with E-state index in [4.69, 9.17) is 11.3 Å². The molecule has 0 spiro atoms. The van der Waals surface area contributed by atoms with Crippen LogP contribution in [0.4, 0.5) is 23.2 Å². The summed E-state index contributed by atoms with van der Waals surface area (Å²) in [7, 11) is 1.20. The third-order valence-corrected chi connectivity index (χ3v) is 5.14. The van der Waals surface area contributed by atoms with Gasteiger partial charge in [0, 0.05) is 23.5 Å². The lowest BCUT2D eigenvalue weighted by atomic mass is 9.97. The number of methoxy groups -OCH3 is 1. The molecule has 4 nitrogen and oxygen atoms in total. The Morgan fingerprint density at radius 2 is 1.74 bits per heavy atom. The van der Waals surface area contributed by atoms with Crippen LogP contribution in [0.5, 0.6) is 0 Å². The molecule has 3 aromatic rings. The minimum atomic E-state index is -4.72. The normalized spacial score (nSPS) is 11.3. The predicted molar refractivity (Wildman–Crippen MR) is 107 cm³/mol. The van der Waals surface area contributed by atoms with Gasteiger partial charge in [0.1, 0.15) is 5.82 Å². The van der Waals surface area contributed by atoms with E-state index in [9.17, 15) is 22.4 Å². The maximum absolute atomic E-state index is 13.5. The number of nitrogens with zero attached hydrogens (tertiary/aromatic N) is 2. The fourth-order valence-electron chi connectivity index (χ4n) is 3.61. The zero-order valence-corrected chi connectivity index (χ0v) is 17.0. The Morgan fingerprint density at radius 1 is 1.10 bits per heavy atom.